The highest BCUT2D eigenvalue weighted by atomic mass is 32.2. The number of benzene rings is 1. The molecule has 1 aromatic rings. The molecule has 0 aliphatic carbocycles. The molecule has 4 nitrogen and oxygen atoms in total. The molecule has 0 aromatic heterocycles. The molecule has 2 N–H and O–H groups in total. The molecule has 0 radical (unpaired) electrons. The van der Waals surface area contributed by atoms with Crippen LogP contribution < -0.4 is 5.73 Å². The van der Waals surface area contributed by atoms with Crippen molar-refractivity contribution in [2.24, 2.45) is 5.73 Å². The third-order valence-corrected chi connectivity index (χ3v) is 6.80. The van der Waals surface area contributed by atoms with Crippen LogP contribution in [0.3, 0.4) is 0 Å². The molecule has 0 amide bonds. The fourth-order valence-electron chi connectivity index (χ4n) is 2.30. The van der Waals surface area contributed by atoms with Crippen LogP contribution in [0, 0.1) is 0 Å². The van der Waals surface area contributed by atoms with Gasteiger partial charge in [0.2, 0.25) is 10.0 Å². The van der Waals surface area contributed by atoms with Crippen LogP contribution in [0.25, 0.3) is 0 Å². The first-order chi connectivity index (χ1) is 9.57. The Hall–Kier alpha value is -0.560. The highest BCUT2D eigenvalue weighted by Crippen LogP contribution is 2.26. The van der Waals surface area contributed by atoms with Crippen molar-refractivity contribution in [3.63, 3.8) is 0 Å². The van der Waals surface area contributed by atoms with Crippen molar-refractivity contribution in [3.8, 4) is 0 Å². The van der Waals surface area contributed by atoms with Gasteiger partial charge in [-0.1, -0.05) is 19.1 Å². The Labute approximate surface area is 125 Å². The van der Waals surface area contributed by atoms with E-state index in [1.54, 1.807) is 16.4 Å². The van der Waals surface area contributed by atoms with Crippen LogP contribution in [0.1, 0.15) is 18.9 Å². The maximum Gasteiger partial charge on any atom is 0.243 e. The van der Waals surface area contributed by atoms with E-state index in [1.807, 2.05) is 23.9 Å². The van der Waals surface area contributed by atoms with E-state index in [2.05, 4.69) is 6.92 Å². The molecule has 112 valence electrons. The number of thioether (sulfide) groups is 1. The highest BCUT2D eigenvalue weighted by Gasteiger charge is 2.29. The molecule has 1 saturated heterocycles. The van der Waals surface area contributed by atoms with Gasteiger partial charge in [0.1, 0.15) is 0 Å². The van der Waals surface area contributed by atoms with Gasteiger partial charge >= 0.3 is 0 Å². The molecule has 1 aliphatic heterocycles. The van der Waals surface area contributed by atoms with Gasteiger partial charge in [0, 0.05) is 24.1 Å². The van der Waals surface area contributed by atoms with Gasteiger partial charge in [0.25, 0.3) is 0 Å². The molecule has 1 atom stereocenters. The van der Waals surface area contributed by atoms with E-state index < -0.39 is 10.0 Å². The average Bonchev–Trinajstić information content (AvgIpc) is 2.48. The monoisotopic (exact) mass is 314 g/mol. The third-order valence-electron chi connectivity index (χ3n) is 3.55. The summed E-state index contributed by atoms with van der Waals surface area (Å²) in [6.45, 7) is 3.91. The van der Waals surface area contributed by atoms with Crippen molar-refractivity contribution < 1.29 is 8.42 Å². The van der Waals surface area contributed by atoms with Crippen molar-refractivity contribution in [2.45, 2.75) is 29.9 Å². The van der Waals surface area contributed by atoms with Crippen LogP contribution in [0.4, 0.5) is 0 Å². The Morgan fingerprint density at radius 1 is 1.35 bits per heavy atom. The lowest BCUT2D eigenvalue weighted by atomic mass is 10.2. The molecule has 0 bridgehead atoms. The van der Waals surface area contributed by atoms with E-state index >= 15 is 0 Å². The first-order valence-corrected chi connectivity index (χ1v) is 9.47. The van der Waals surface area contributed by atoms with E-state index in [4.69, 9.17) is 5.73 Å². The van der Waals surface area contributed by atoms with Gasteiger partial charge in [-0.3, -0.25) is 0 Å². The molecule has 1 aliphatic rings. The molecule has 1 aromatic carbocycles. The van der Waals surface area contributed by atoms with Crippen molar-refractivity contribution in [1.29, 1.82) is 0 Å². The lowest BCUT2D eigenvalue weighted by Gasteiger charge is -2.31. The predicted molar refractivity (Wildman–Crippen MR) is 84.5 cm³/mol. The van der Waals surface area contributed by atoms with E-state index in [0.29, 0.717) is 29.8 Å². The van der Waals surface area contributed by atoms with Crippen molar-refractivity contribution in [2.75, 3.05) is 25.4 Å². The quantitative estimate of drug-likeness (QED) is 0.898. The first-order valence-electron chi connectivity index (χ1n) is 6.98. The van der Waals surface area contributed by atoms with Gasteiger partial charge in [-0.25, -0.2) is 8.42 Å². The highest BCUT2D eigenvalue weighted by molar-refractivity contribution is 8.00. The smallest absolute Gasteiger partial charge is 0.243 e. The van der Waals surface area contributed by atoms with E-state index in [9.17, 15) is 8.42 Å². The zero-order valence-corrected chi connectivity index (χ0v) is 13.4. The summed E-state index contributed by atoms with van der Waals surface area (Å²) in [5.41, 5.74) is 6.58. The molecule has 0 saturated carbocycles. The number of nitrogens with two attached hydrogens (primary N) is 1. The normalized spacial score (nSPS) is 21.0. The molecular formula is C14H22N2O2S2. The molecule has 6 heteroatoms. The Morgan fingerprint density at radius 2 is 2.05 bits per heavy atom. The largest absolute Gasteiger partial charge is 0.330 e. The summed E-state index contributed by atoms with van der Waals surface area (Å²) in [5.74, 6) is 0.878. The van der Waals surface area contributed by atoms with Crippen molar-refractivity contribution in [1.82, 2.24) is 4.31 Å². The summed E-state index contributed by atoms with van der Waals surface area (Å²) in [6, 6.07) is 7.11. The van der Waals surface area contributed by atoms with Crippen LogP contribution in [-0.4, -0.2) is 43.4 Å². The zero-order valence-electron chi connectivity index (χ0n) is 11.8. The minimum absolute atomic E-state index is 0.389. The molecule has 1 heterocycles. The number of rotatable bonds is 5. The van der Waals surface area contributed by atoms with Gasteiger partial charge in [0.05, 0.1) is 4.90 Å². The Bertz CT molecular complexity index is 529. The number of nitrogens with zero attached hydrogens (tertiary/aromatic N) is 1. The molecule has 2 rings (SSSR count). The lowest BCUT2D eigenvalue weighted by Crippen LogP contribution is -2.41. The topological polar surface area (TPSA) is 63.4 Å². The second-order valence-electron chi connectivity index (χ2n) is 4.95. The second-order valence-corrected chi connectivity index (χ2v) is 8.29. The maximum atomic E-state index is 12.6. The van der Waals surface area contributed by atoms with Crippen LogP contribution >= 0.6 is 11.8 Å². The molecular weight excluding hydrogens is 292 g/mol. The van der Waals surface area contributed by atoms with Gasteiger partial charge in [-0.2, -0.15) is 16.1 Å². The van der Waals surface area contributed by atoms with Crippen LogP contribution in [0.5, 0.6) is 0 Å². The van der Waals surface area contributed by atoms with Gasteiger partial charge < -0.3 is 5.73 Å². The van der Waals surface area contributed by atoms with Crippen LogP contribution in [-0.2, 0) is 16.4 Å². The average molecular weight is 314 g/mol. The summed E-state index contributed by atoms with van der Waals surface area (Å²) in [4.78, 5) is 0.389. The Morgan fingerprint density at radius 3 is 2.65 bits per heavy atom. The summed E-state index contributed by atoms with van der Waals surface area (Å²) < 4.78 is 26.8. The van der Waals surface area contributed by atoms with Gasteiger partial charge in [-0.15, -0.1) is 0 Å². The fourth-order valence-corrected chi connectivity index (χ4v) is 5.18. The summed E-state index contributed by atoms with van der Waals surface area (Å²) >= 11 is 1.87. The first kappa shape index (κ1) is 15.8. The van der Waals surface area contributed by atoms with Crippen LogP contribution in [0.2, 0.25) is 0 Å². The number of sulfonamides is 1. The zero-order chi connectivity index (χ0) is 14.6. The maximum absolute atomic E-state index is 12.6. The minimum atomic E-state index is -3.35. The molecule has 1 unspecified atom stereocenters. The fraction of sp³-hybridized carbons (Fsp3) is 0.571. The van der Waals surface area contributed by atoms with Crippen molar-refractivity contribution in [3.05, 3.63) is 29.8 Å². The Balaban J connectivity index is 2.16. The van der Waals surface area contributed by atoms with E-state index in [0.717, 1.165) is 24.2 Å². The summed E-state index contributed by atoms with van der Waals surface area (Å²) in [6.07, 6.45) is 1.78. The second kappa shape index (κ2) is 6.93. The molecule has 1 fully saturated rings. The number of hydrogen-bond acceptors (Lipinski definition) is 4. The SMILES string of the molecule is CCC1CN(S(=O)(=O)c2ccc(CCN)cc2)CCS1. The van der Waals surface area contributed by atoms with Gasteiger partial charge in [-0.05, 0) is 37.1 Å². The third kappa shape index (κ3) is 3.55. The van der Waals surface area contributed by atoms with E-state index in [1.165, 1.54) is 0 Å². The molecule has 20 heavy (non-hydrogen) atoms. The van der Waals surface area contributed by atoms with Crippen molar-refractivity contribution >= 4 is 21.8 Å². The number of hydrogen-bond donors (Lipinski definition) is 1. The lowest BCUT2D eigenvalue weighted by molar-refractivity contribution is 0.416. The van der Waals surface area contributed by atoms with Gasteiger partial charge in [0.15, 0.2) is 0 Å². The summed E-state index contributed by atoms with van der Waals surface area (Å²) in [5, 5.41) is 0.412. The minimum Gasteiger partial charge on any atom is -0.330 e. The van der Waals surface area contributed by atoms with Crippen LogP contribution in [0.15, 0.2) is 29.2 Å². The summed E-state index contributed by atoms with van der Waals surface area (Å²) in [7, 11) is -3.35. The standard InChI is InChI=1S/C14H22N2O2S2/c1-2-13-11-16(9-10-19-13)20(17,18)14-5-3-12(4-6-14)7-8-15/h3-6,13H,2,7-11,15H2,1H3. The predicted octanol–water partition coefficient (Wildman–Crippen LogP) is 1.70. The Kier molecular flexibility index (Phi) is 5.49. The molecule has 0 spiro atoms. The van der Waals surface area contributed by atoms with E-state index in [-0.39, 0.29) is 0 Å².